The van der Waals surface area contributed by atoms with Gasteiger partial charge in [-0.25, -0.2) is 4.68 Å². The van der Waals surface area contributed by atoms with Gasteiger partial charge in [-0.2, -0.15) is 10.4 Å². The van der Waals surface area contributed by atoms with Gasteiger partial charge in [-0.05, 0) is 61.0 Å². The standard InChI is InChI=1S/C28H28N6O2/c1-18(2)27-19(15-29)5-4-6-23(27)28(35)32-21-8-7-20-16-31-34(25(20)13-21)22-9-10-30-24(14-22)26-17-36-12-11-33(26)3/h4-10,13-14,16,18,26H,11-12,17H2,1-3H3,(H,32,35)/t26-/m1/s1. The van der Waals surface area contributed by atoms with Crippen LogP contribution in [0.5, 0.6) is 0 Å². The summed E-state index contributed by atoms with van der Waals surface area (Å²) in [6, 6.07) is 17.2. The van der Waals surface area contributed by atoms with Crippen LogP contribution < -0.4 is 5.32 Å². The van der Waals surface area contributed by atoms with Gasteiger partial charge in [0.25, 0.3) is 5.91 Å². The van der Waals surface area contributed by atoms with Crippen LogP contribution in [0.3, 0.4) is 0 Å². The number of nitriles is 1. The van der Waals surface area contributed by atoms with Crippen molar-refractivity contribution in [2.45, 2.75) is 25.8 Å². The minimum Gasteiger partial charge on any atom is -0.378 e. The molecule has 0 saturated carbocycles. The van der Waals surface area contributed by atoms with E-state index >= 15 is 0 Å². The third-order valence-corrected chi connectivity index (χ3v) is 6.62. The number of ether oxygens (including phenoxy) is 1. The van der Waals surface area contributed by atoms with Gasteiger partial charge in [0, 0.05) is 29.4 Å². The van der Waals surface area contributed by atoms with E-state index in [1.165, 1.54) is 0 Å². The van der Waals surface area contributed by atoms with Gasteiger partial charge in [-0.3, -0.25) is 14.7 Å². The molecule has 8 nitrogen and oxygen atoms in total. The molecule has 5 rings (SSSR count). The molecule has 8 heteroatoms. The van der Waals surface area contributed by atoms with Gasteiger partial charge in [0.2, 0.25) is 0 Å². The highest BCUT2D eigenvalue weighted by Crippen LogP contribution is 2.28. The first-order valence-electron chi connectivity index (χ1n) is 12.0. The first-order chi connectivity index (χ1) is 17.5. The van der Waals surface area contributed by atoms with E-state index in [9.17, 15) is 10.1 Å². The number of amides is 1. The number of carbonyl (C=O) groups is 1. The molecule has 1 aliphatic rings. The number of benzene rings is 2. The lowest BCUT2D eigenvalue weighted by Gasteiger charge is -2.32. The van der Waals surface area contributed by atoms with Crippen molar-refractivity contribution in [3.63, 3.8) is 0 Å². The highest BCUT2D eigenvalue weighted by molar-refractivity contribution is 6.06. The van der Waals surface area contributed by atoms with Gasteiger partial charge in [0.15, 0.2) is 0 Å². The molecule has 0 aliphatic carbocycles. The van der Waals surface area contributed by atoms with Crippen molar-refractivity contribution >= 4 is 22.5 Å². The molecule has 2 aromatic heterocycles. The number of hydrogen-bond donors (Lipinski definition) is 1. The van der Waals surface area contributed by atoms with Crippen LogP contribution in [-0.4, -0.2) is 52.4 Å². The Hall–Kier alpha value is -4.06. The zero-order valence-corrected chi connectivity index (χ0v) is 20.6. The smallest absolute Gasteiger partial charge is 0.255 e. The number of hydrogen-bond acceptors (Lipinski definition) is 6. The molecule has 1 fully saturated rings. The van der Waals surface area contributed by atoms with Gasteiger partial charge in [0.1, 0.15) is 0 Å². The van der Waals surface area contributed by atoms with Gasteiger partial charge >= 0.3 is 0 Å². The number of carbonyl (C=O) groups excluding carboxylic acids is 1. The molecule has 2 aromatic carbocycles. The van der Waals surface area contributed by atoms with Crippen molar-refractivity contribution in [1.82, 2.24) is 19.7 Å². The predicted molar refractivity (Wildman–Crippen MR) is 138 cm³/mol. The van der Waals surface area contributed by atoms with Crippen molar-refractivity contribution in [2.24, 2.45) is 0 Å². The largest absolute Gasteiger partial charge is 0.378 e. The van der Waals surface area contributed by atoms with E-state index in [4.69, 9.17) is 4.74 Å². The number of morpholine rings is 1. The second-order valence-electron chi connectivity index (χ2n) is 9.33. The number of anilines is 1. The molecule has 36 heavy (non-hydrogen) atoms. The normalized spacial score (nSPS) is 16.2. The monoisotopic (exact) mass is 480 g/mol. The molecule has 3 heterocycles. The van der Waals surface area contributed by atoms with E-state index in [1.54, 1.807) is 24.4 Å². The Kier molecular flexibility index (Phi) is 6.51. The van der Waals surface area contributed by atoms with Crippen LogP contribution in [0.15, 0.2) is 60.9 Å². The molecule has 0 spiro atoms. The number of pyridine rings is 1. The first kappa shape index (κ1) is 23.7. The maximum atomic E-state index is 13.2. The Morgan fingerprint density at radius 2 is 2.08 bits per heavy atom. The van der Waals surface area contributed by atoms with Gasteiger partial charge < -0.3 is 10.1 Å². The summed E-state index contributed by atoms with van der Waals surface area (Å²) in [5, 5.41) is 18.1. The van der Waals surface area contributed by atoms with Crippen LogP contribution in [0.2, 0.25) is 0 Å². The van der Waals surface area contributed by atoms with Crippen molar-refractivity contribution in [3.8, 4) is 11.8 Å². The molecular formula is C28H28N6O2. The highest BCUT2D eigenvalue weighted by atomic mass is 16.5. The fourth-order valence-corrected chi connectivity index (χ4v) is 4.73. The minimum atomic E-state index is -0.243. The van der Waals surface area contributed by atoms with E-state index in [1.807, 2.05) is 55.1 Å². The van der Waals surface area contributed by atoms with Crippen LogP contribution in [0.4, 0.5) is 5.69 Å². The zero-order chi connectivity index (χ0) is 25.2. The lowest BCUT2D eigenvalue weighted by molar-refractivity contribution is 0.00352. The van der Waals surface area contributed by atoms with Gasteiger partial charge in [-0.1, -0.05) is 19.9 Å². The molecule has 4 aromatic rings. The van der Waals surface area contributed by atoms with E-state index in [-0.39, 0.29) is 17.9 Å². The van der Waals surface area contributed by atoms with E-state index < -0.39 is 0 Å². The number of aromatic nitrogens is 3. The molecule has 1 N–H and O–H groups in total. The summed E-state index contributed by atoms with van der Waals surface area (Å²) >= 11 is 0. The fourth-order valence-electron chi connectivity index (χ4n) is 4.73. The third-order valence-electron chi connectivity index (χ3n) is 6.62. The van der Waals surface area contributed by atoms with E-state index in [2.05, 4.69) is 33.4 Å². The average Bonchev–Trinajstić information content (AvgIpc) is 3.31. The van der Waals surface area contributed by atoms with E-state index in [0.717, 1.165) is 41.0 Å². The van der Waals surface area contributed by atoms with Crippen LogP contribution in [0, 0.1) is 11.3 Å². The van der Waals surface area contributed by atoms with Crippen LogP contribution in [0.1, 0.15) is 53.0 Å². The summed E-state index contributed by atoms with van der Waals surface area (Å²) in [7, 11) is 2.08. The Morgan fingerprint density at radius 3 is 2.86 bits per heavy atom. The number of nitrogens with zero attached hydrogens (tertiary/aromatic N) is 5. The summed E-state index contributed by atoms with van der Waals surface area (Å²) in [5.41, 5.74) is 5.13. The van der Waals surface area contributed by atoms with E-state index in [0.29, 0.717) is 23.4 Å². The molecule has 1 atom stereocenters. The Balaban J connectivity index is 1.47. The lowest BCUT2D eigenvalue weighted by Crippen LogP contribution is -2.37. The molecular weight excluding hydrogens is 452 g/mol. The highest BCUT2D eigenvalue weighted by Gasteiger charge is 2.23. The predicted octanol–water partition coefficient (Wildman–Crippen LogP) is 4.67. The molecule has 0 unspecified atom stereocenters. The van der Waals surface area contributed by atoms with Gasteiger partial charge in [-0.15, -0.1) is 0 Å². The summed E-state index contributed by atoms with van der Waals surface area (Å²) in [5.74, 6) is -0.201. The van der Waals surface area contributed by atoms with Crippen molar-refractivity contribution < 1.29 is 9.53 Å². The molecule has 182 valence electrons. The lowest BCUT2D eigenvalue weighted by atomic mass is 9.92. The number of nitrogens with one attached hydrogen (secondary N) is 1. The maximum absolute atomic E-state index is 13.2. The summed E-state index contributed by atoms with van der Waals surface area (Å²) < 4.78 is 7.53. The van der Waals surface area contributed by atoms with Crippen LogP contribution in [0.25, 0.3) is 16.6 Å². The first-order valence-corrected chi connectivity index (χ1v) is 12.0. The number of fused-ring (bicyclic) bond motifs is 1. The molecule has 1 aliphatic heterocycles. The molecule has 1 amide bonds. The topological polar surface area (TPSA) is 96.1 Å². The maximum Gasteiger partial charge on any atom is 0.255 e. The van der Waals surface area contributed by atoms with Crippen LogP contribution in [-0.2, 0) is 4.74 Å². The Morgan fingerprint density at radius 1 is 1.22 bits per heavy atom. The summed E-state index contributed by atoms with van der Waals surface area (Å²) in [6.45, 7) is 6.16. The fraction of sp³-hybridized carbons (Fsp3) is 0.286. The molecule has 0 bridgehead atoms. The second kappa shape index (κ2) is 9.90. The quantitative estimate of drug-likeness (QED) is 0.446. The van der Waals surface area contributed by atoms with Crippen molar-refractivity contribution in [2.75, 3.05) is 32.1 Å². The molecule has 0 radical (unpaired) electrons. The zero-order valence-electron chi connectivity index (χ0n) is 20.6. The number of likely N-dealkylation sites (N-methyl/N-ethyl adjacent to an activating group) is 1. The van der Waals surface area contributed by atoms with Crippen LogP contribution >= 0.6 is 0 Å². The Bertz CT molecular complexity index is 1470. The second-order valence-corrected chi connectivity index (χ2v) is 9.33. The Labute approximate surface area is 210 Å². The third kappa shape index (κ3) is 4.47. The van der Waals surface area contributed by atoms with Crippen molar-refractivity contribution in [1.29, 1.82) is 5.26 Å². The molecule has 1 saturated heterocycles. The SMILES string of the molecule is CC(C)c1c(C#N)cccc1C(=O)Nc1ccc2cnn(-c3ccnc([C@H]4COCCN4C)c3)c2c1. The van der Waals surface area contributed by atoms with Crippen molar-refractivity contribution in [3.05, 3.63) is 83.3 Å². The summed E-state index contributed by atoms with van der Waals surface area (Å²) in [4.78, 5) is 20.1. The average molecular weight is 481 g/mol. The minimum absolute atomic E-state index is 0.0417. The summed E-state index contributed by atoms with van der Waals surface area (Å²) in [6.07, 6.45) is 3.60. The van der Waals surface area contributed by atoms with Gasteiger partial charge in [0.05, 0.1) is 54.0 Å². The number of rotatable bonds is 5.